The van der Waals surface area contributed by atoms with Crippen LogP contribution in [0.4, 0.5) is 5.69 Å². The van der Waals surface area contributed by atoms with E-state index in [2.05, 4.69) is 56.9 Å². The lowest BCUT2D eigenvalue weighted by atomic mass is 10.2. The number of aromatic nitrogens is 1. The first-order valence-electron chi connectivity index (χ1n) is 8.51. The zero-order valence-corrected chi connectivity index (χ0v) is 19.2. The molecule has 0 aliphatic carbocycles. The number of guanidine groups is 1. The number of halogens is 3. The molecule has 8 heteroatoms. The van der Waals surface area contributed by atoms with Gasteiger partial charge in [0.05, 0.1) is 11.6 Å². The lowest BCUT2D eigenvalue weighted by Gasteiger charge is -2.18. The van der Waals surface area contributed by atoms with E-state index in [1.54, 1.807) is 7.05 Å². The number of hydrogen-bond acceptors (Lipinski definition) is 2. The van der Waals surface area contributed by atoms with E-state index in [0.29, 0.717) is 23.3 Å². The van der Waals surface area contributed by atoms with Gasteiger partial charge in [-0.05, 0) is 23.8 Å². The quantitative estimate of drug-likeness (QED) is 0.269. The van der Waals surface area contributed by atoms with Crippen molar-refractivity contribution in [3.8, 4) is 0 Å². The topological polar surface area (TPSA) is 44.6 Å². The Hall–Kier alpha value is -1.38. The monoisotopic (exact) mass is 519 g/mol. The normalized spacial score (nSPS) is 13.6. The van der Waals surface area contributed by atoms with Crippen LogP contribution in [0.15, 0.2) is 47.5 Å². The smallest absolute Gasteiger partial charge is 0.191 e. The van der Waals surface area contributed by atoms with E-state index < -0.39 is 0 Å². The molecule has 1 aliphatic heterocycles. The van der Waals surface area contributed by atoms with Crippen molar-refractivity contribution in [2.24, 2.45) is 12.0 Å². The van der Waals surface area contributed by atoms with Crippen LogP contribution in [0.1, 0.15) is 11.3 Å². The Morgan fingerprint density at radius 1 is 1.07 bits per heavy atom. The molecule has 1 aliphatic rings. The standard InChI is InChI=1S/C19H23Cl2N5.HI/c1-22-19(24-13-16-11-17(20)18(21)25(16)2)23-12-14-5-7-15(8-6-14)26-9-3-4-10-26;/h3-8,11H,9-10,12-13H2,1-2H3,(H2,22,23,24);1H. The highest BCUT2D eigenvalue weighted by molar-refractivity contribution is 14.0. The summed E-state index contributed by atoms with van der Waals surface area (Å²) in [7, 11) is 3.64. The SMILES string of the molecule is CN=C(NCc1ccc(N2CC=CC2)cc1)NCc1cc(Cl)c(Cl)n1C.I. The third-order valence-electron chi connectivity index (χ3n) is 4.46. The Morgan fingerprint density at radius 2 is 1.70 bits per heavy atom. The second kappa shape index (κ2) is 10.2. The molecule has 1 aromatic carbocycles. The van der Waals surface area contributed by atoms with E-state index in [9.17, 15) is 0 Å². The fourth-order valence-electron chi connectivity index (χ4n) is 2.85. The highest BCUT2D eigenvalue weighted by Gasteiger charge is 2.10. The molecule has 3 rings (SSSR count). The number of nitrogens with one attached hydrogen (secondary N) is 2. The van der Waals surface area contributed by atoms with Gasteiger partial charge in [-0.25, -0.2) is 0 Å². The molecule has 0 unspecified atom stereocenters. The molecule has 2 heterocycles. The van der Waals surface area contributed by atoms with Crippen LogP contribution < -0.4 is 15.5 Å². The highest BCUT2D eigenvalue weighted by Crippen LogP contribution is 2.24. The van der Waals surface area contributed by atoms with Crippen LogP contribution in [0, 0.1) is 0 Å². The van der Waals surface area contributed by atoms with E-state index in [0.717, 1.165) is 24.7 Å². The van der Waals surface area contributed by atoms with E-state index >= 15 is 0 Å². The Kier molecular flexibility index (Phi) is 8.31. The molecule has 2 N–H and O–H groups in total. The van der Waals surface area contributed by atoms with Gasteiger partial charge in [-0.3, -0.25) is 4.99 Å². The summed E-state index contributed by atoms with van der Waals surface area (Å²) >= 11 is 12.1. The van der Waals surface area contributed by atoms with Crippen molar-refractivity contribution >= 4 is 58.8 Å². The van der Waals surface area contributed by atoms with Crippen molar-refractivity contribution in [2.45, 2.75) is 13.1 Å². The summed E-state index contributed by atoms with van der Waals surface area (Å²) < 4.78 is 1.86. The maximum absolute atomic E-state index is 6.10. The number of hydrogen-bond donors (Lipinski definition) is 2. The summed E-state index contributed by atoms with van der Waals surface area (Å²) in [5, 5.41) is 7.70. The molecule has 146 valence electrons. The van der Waals surface area contributed by atoms with Gasteiger partial charge in [0, 0.05) is 45.1 Å². The molecule has 5 nitrogen and oxygen atoms in total. The number of benzene rings is 1. The Balaban J connectivity index is 0.00000261. The predicted molar refractivity (Wildman–Crippen MR) is 126 cm³/mol. The number of rotatable bonds is 5. The third-order valence-corrected chi connectivity index (χ3v) is 5.30. The minimum Gasteiger partial charge on any atom is -0.364 e. The zero-order chi connectivity index (χ0) is 18.5. The van der Waals surface area contributed by atoms with E-state index in [1.165, 1.54) is 11.3 Å². The Morgan fingerprint density at radius 3 is 2.26 bits per heavy atom. The summed E-state index contributed by atoms with van der Waals surface area (Å²) in [6, 6.07) is 10.5. The van der Waals surface area contributed by atoms with Crippen LogP contribution >= 0.6 is 47.2 Å². The third kappa shape index (κ3) is 5.56. The summed E-state index contributed by atoms with van der Waals surface area (Å²) in [5.41, 5.74) is 3.44. The molecule has 0 amide bonds. The number of nitrogens with zero attached hydrogens (tertiary/aromatic N) is 3. The largest absolute Gasteiger partial charge is 0.364 e. The second-order valence-corrected chi connectivity index (χ2v) is 6.92. The number of aliphatic imine (C=N–C) groups is 1. The van der Waals surface area contributed by atoms with Crippen LogP contribution in [0.25, 0.3) is 0 Å². The second-order valence-electron chi connectivity index (χ2n) is 6.16. The van der Waals surface area contributed by atoms with Crippen LogP contribution in [-0.4, -0.2) is 30.7 Å². The molecular formula is C19H24Cl2IN5. The predicted octanol–water partition coefficient (Wildman–Crippen LogP) is 4.19. The van der Waals surface area contributed by atoms with E-state index in [4.69, 9.17) is 23.2 Å². The van der Waals surface area contributed by atoms with Gasteiger partial charge in [0.1, 0.15) is 5.15 Å². The van der Waals surface area contributed by atoms with Crippen LogP contribution in [0.3, 0.4) is 0 Å². The first kappa shape index (κ1) is 21.9. The molecule has 0 saturated carbocycles. The van der Waals surface area contributed by atoms with Crippen molar-refractivity contribution in [3.63, 3.8) is 0 Å². The van der Waals surface area contributed by atoms with Gasteiger partial charge >= 0.3 is 0 Å². The lowest BCUT2D eigenvalue weighted by Crippen LogP contribution is -2.36. The van der Waals surface area contributed by atoms with Gasteiger partial charge < -0.3 is 20.1 Å². The summed E-state index contributed by atoms with van der Waals surface area (Å²) in [6.07, 6.45) is 4.39. The summed E-state index contributed by atoms with van der Waals surface area (Å²) in [5.74, 6) is 0.728. The molecule has 0 radical (unpaired) electrons. The van der Waals surface area contributed by atoms with Crippen molar-refractivity contribution in [2.75, 3.05) is 25.0 Å². The molecule has 0 atom stereocenters. The fourth-order valence-corrected chi connectivity index (χ4v) is 3.27. The first-order valence-corrected chi connectivity index (χ1v) is 9.27. The van der Waals surface area contributed by atoms with Gasteiger partial charge in [0.15, 0.2) is 5.96 Å². The van der Waals surface area contributed by atoms with Gasteiger partial charge in [0.2, 0.25) is 0 Å². The summed E-state index contributed by atoms with van der Waals surface area (Å²) in [6.45, 7) is 3.26. The lowest BCUT2D eigenvalue weighted by molar-refractivity contribution is 0.750. The maximum atomic E-state index is 6.10. The van der Waals surface area contributed by atoms with Crippen LogP contribution in [0.5, 0.6) is 0 Å². The minimum atomic E-state index is 0. The van der Waals surface area contributed by atoms with Crippen LogP contribution in [0.2, 0.25) is 10.2 Å². The zero-order valence-electron chi connectivity index (χ0n) is 15.4. The molecular weight excluding hydrogens is 496 g/mol. The van der Waals surface area contributed by atoms with Crippen molar-refractivity contribution < 1.29 is 0 Å². The first-order chi connectivity index (χ1) is 12.6. The van der Waals surface area contributed by atoms with E-state index in [-0.39, 0.29) is 24.0 Å². The maximum Gasteiger partial charge on any atom is 0.191 e. The molecule has 2 aromatic rings. The van der Waals surface area contributed by atoms with E-state index in [1.807, 2.05) is 17.7 Å². The molecule has 0 spiro atoms. The Bertz CT molecular complexity index is 806. The highest BCUT2D eigenvalue weighted by atomic mass is 127. The van der Waals surface area contributed by atoms with Crippen LogP contribution in [-0.2, 0) is 20.1 Å². The van der Waals surface area contributed by atoms with Gasteiger partial charge in [-0.1, -0.05) is 47.5 Å². The fraction of sp³-hybridized carbons (Fsp3) is 0.316. The summed E-state index contributed by atoms with van der Waals surface area (Å²) in [4.78, 5) is 6.59. The Labute approximate surface area is 187 Å². The average molecular weight is 520 g/mol. The molecule has 0 bridgehead atoms. The molecule has 1 aromatic heterocycles. The minimum absolute atomic E-state index is 0. The van der Waals surface area contributed by atoms with Crippen molar-refractivity contribution in [1.82, 2.24) is 15.2 Å². The van der Waals surface area contributed by atoms with Crippen molar-refractivity contribution in [3.05, 3.63) is 63.9 Å². The van der Waals surface area contributed by atoms with Crippen molar-refractivity contribution in [1.29, 1.82) is 0 Å². The van der Waals surface area contributed by atoms with Gasteiger partial charge in [0.25, 0.3) is 0 Å². The molecule has 0 fully saturated rings. The van der Waals surface area contributed by atoms with Gasteiger partial charge in [-0.15, -0.1) is 24.0 Å². The average Bonchev–Trinajstić information content (AvgIpc) is 3.28. The number of anilines is 1. The molecule has 27 heavy (non-hydrogen) atoms. The molecule has 0 saturated heterocycles. The van der Waals surface area contributed by atoms with Gasteiger partial charge in [-0.2, -0.15) is 0 Å².